The first kappa shape index (κ1) is 17.8. The molecule has 2 saturated heterocycles. The maximum Gasteiger partial charge on any atom is 0.318 e. The van der Waals surface area contributed by atoms with E-state index in [-0.39, 0.29) is 34.8 Å². The van der Waals surface area contributed by atoms with Crippen LogP contribution in [0.1, 0.15) is 12.8 Å². The van der Waals surface area contributed by atoms with Gasteiger partial charge in [-0.1, -0.05) is 6.58 Å². The van der Waals surface area contributed by atoms with Crippen molar-refractivity contribution < 1.29 is 9.59 Å². The van der Waals surface area contributed by atoms with Gasteiger partial charge in [-0.2, -0.15) is 0 Å². The van der Waals surface area contributed by atoms with E-state index in [1.54, 1.807) is 0 Å². The molecule has 4 unspecified atom stereocenters. The van der Waals surface area contributed by atoms with Crippen molar-refractivity contribution in [1.29, 1.82) is 0 Å². The van der Waals surface area contributed by atoms with Crippen LogP contribution in [0.5, 0.6) is 0 Å². The molecule has 2 heterocycles. The zero-order chi connectivity index (χ0) is 17.3. The van der Waals surface area contributed by atoms with Gasteiger partial charge in [-0.05, 0) is 18.9 Å². The van der Waals surface area contributed by atoms with Gasteiger partial charge in [0.05, 0.1) is 22.8 Å². The van der Waals surface area contributed by atoms with Gasteiger partial charge < -0.3 is 15.1 Å². The van der Waals surface area contributed by atoms with Crippen LogP contribution in [0.4, 0.5) is 4.79 Å². The van der Waals surface area contributed by atoms with Gasteiger partial charge in [-0.25, -0.2) is 4.79 Å². The van der Waals surface area contributed by atoms with Crippen LogP contribution in [-0.4, -0.2) is 88.7 Å². The zero-order valence-electron chi connectivity index (χ0n) is 13.7. The van der Waals surface area contributed by atoms with Crippen molar-refractivity contribution in [2.75, 3.05) is 39.3 Å². The number of carbonyl (C=O) groups excluding carboxylic acids is 2. The molecule has 3 amide bonds. The predicted molar refractivity (Wildman–Crippen MR) is 94.5 cm³/mol. The van der Waals surface area contributed by atoms with Crippen molar-refractivity contribution in [3.8, 4) is 0 Å². The molecule has 0 aromatic rings. The topological polar surface area (TPSA) is 55.9 Å². The van der Waals surface area contributed by atoms with E-state index in [1.807, 2.05) is 9.80 Å². The molecule has 1 aliphatic carbocycles. The molecule has 24 heavy (non-hydrogen) atoms. The van der Waals surface area contributed by atoms with Gasteiger partial charge in [0.15, 0.2) is 0 Å². The highest BCUT2D eigenvalue weighted by molar-refractivity contribution is 6.30. The van der Waals surface area contributed by atoms with Crippen molar-refractivity contribution in [3.63, 3.8) is 0 Å². The summed E-state index contributed by atoms with van der Waals surface area (Å²) in [7, 11) is 0. The molecule has 4 atom stereocenters. The molecule has 134 valence electrons. The average molecular weight is 375 g/mol. The Kier molecular flexibility index (Phi) is 5.57. The molecule has 1 N–H and O–H groups in total. The van der Waals surface area contributed by atoms with Crippen LogP contribution in [0.2, 0.25) is 0 Å². The second-order valence-electron chi connectivity index (χ2n) is 6.69. The number of nitrogens with zero attached hydrogens (tertiary/aromatic N) is 3. The summed E-state index contributed by atoms with van der Waals surface area (Å²) in [6, 6.07) is 0.232. The average Bonchev–Trinajstić information content (AvgIpc) is 2.87. The smallest absolute Gasteiger partial charge is 0.318 e. The highest BCUT2D eigenvalue weighted by Gasteiger charge is 2.45. The maximum atomic E-state index is 12.3. The van der Waals surface area contributed by atoms with Crippen molar-refractivity contribution in [1.82, 2.24) is 20.0 Å². The van der Waals surface area contributed by atoms with E-state index in [1.165, 1.54) is 6.08 Å². The summed E-state index contributed by atoms with van der Waals surface area (Å²) in [5.74, 6) is -0.0117. The third-order valence-electron chi connectivity index (χ3n) is 5.29. The molecule has 8 heteroatoms. The van der Waals surface area contributed by atoms with Crippen molar-refractivity contribution >= 4 is 35.1 Å². The molecule has 1 saturated carbocycles. The first-order chi connectivity index (χ1) is 11.5. The minimum absolute atomic E-state index is 0.0117. The Morgan fingerprint density at radius 2 is 1.83 bits per heavy atom. The summed E-state index contributed by atoms with van der Waals surface area (Å²) in [4.78, 5) is 29.9. The zero-order valence-corrected chi connectivity index (χ0v) is 15.2. The number of urea groups is 1. The van der Waals surface area contributed by atoms with Gasteiger partial charge in [0.1, 0.15) is 0 Å². The predicted octanol–water partition coefficient (Wildman–Crippen LogP) is 1.09. The number of alkyl halides is 2. The second-order valence-corrected chi connectivity index (χ2v) is 7.81. The van der Waals surface area contributed by atoms with Gasteiger partial charge in [-0.3, -0.25) is 9.69 Å². The molecular weight excluding hydrogens is 351 g/mol. The number of nitrogens with one attached hydrogen (secondary N) is 1. The lowest BCUT2D eigenvalue weighted by Gasteiger charge is -2.37. The van der Waals surface area contributed by atoms with Gasteiger partial charge in [0.25, 0.3) is 0 Å². The van der Waals surface area contributed by atoms with Crippen LogP contribution >= 0.6 is 23.2 Å². The standard InChI is InChI=1S/C16H24Cl2N4O2/c1-2-15(23)21-6-3-20(4-7-21)5-8-22-14-10-12(18)11(17)9-13(14)19-16(22)24/h2,11-14H,1,3-10H2,(H,19,24). The fraction of sp³-hybridized carbons (Fsp3) is 0.750. The van der Waals surface area contributed by atoms with Crippen LogP contribution in [0.3, 0.4) is 0 Å². The highest BCUT2D eigenvalue weighted by atomic mass is 35.5. The molecule has 0 aromatic heterocycles. The number of rotatable bonds is 4. The molecule has 0 spiro atoms. The molecule has 0 aromatic carbocycles. The van der Waals surface area contributed by atoms with Crippen molar-refractivity contribution in [2.45, 2.75) is 35.7 Å². The summed E-state index contributed by atoms with van der Waals surface area (Å²) < 4.78 is 0. The van der Waals surface area contributed by atoms with E-state index in [2.05, 4.69) is 16.8 Å². The van der Waals surface area contributed by atoms with E-state index >= 15 is 0 Å². The number of hydrogen-bond acceptors (Lipinski definition) is 3. The SMILES string of the molecule is C=CC(=O)N1CCN(CCN2C(=O)NC3CC(Cl)C(Cl)CC32)CC1. The monoisotopic (exact) mass is 374 g/mol. The minimum Gasteiger partial charge on any atom is -0.337 e. The van der Waals surface area contributed by atoms with Crippen molar-refractivity contribution in [3.05, 3.63) is 12.7 Å². The minimum atomic E-state index is -0.0865. The molecule has 0 bridgehead atoms. The fourth-order valence-electron chi connectivity index (χ4n) is 3.82. The van der Waals surface area contributed by atoms with E-state index in [0.29, 0.717) is 19.6 Å². The Morgan fingerprint density at radius 1 is 1.17 bits per heavy atom. The summed E-state index contributed by atoms with van der Waals surface area (Å²) in [6.07, 6.45) is 2.83. The number of carbonyl (C=O) groups is 2. The second kappa shape index (κ2) is 7.50. The Hall–Kier alpha value is -0.980. The maximum absolute atomic E-state index is 12.3. The Labute approximate surface area is 152 Å². The Balaban J connectivity index is 1.49. The van der Waals surface area contributed by atoms with Crippen LogP contribution in [0, 0.1) is 0 Å². The summed E-state index contributed by atoms with van der Waals surface area (Å²) in [6.45, 7) is 8.08. The summed E-state index contributed by atoms with van der Waals surface area (Å²) in [5.41, 5.74) is 0. The van der Waals surface area contributed by atoms with E-state index < -0.39 is 0 Å². The van der Waals surface area contributed by atoms with Gasteiger partial charge >= 0.3 is 6.03 Å². The normalized spacial score (nSPS) is 34.0. The van der Waals surface area contributed by atoms with Crippen LogP contribution in [-0.2, 0) is 4.79 Å². The first-order valence-electron chi connectivity index (χ1n) is 8.48. The summed E-state index contributed by atoms with van der Waals surface area (Å²) in [5, 5.41) is 2.87. The van der Waals surface area contributed by atoms with Crippen LogP contribution in [0.15, 0.2) is 12.7 Å². The number of fused-ring (bicyclic) bond motifs is 1. The number of amides is 3. The number of halogens is 2. The van der Waals surface area contributed by atoms with Crippen LogP contribution < -0.4 is 5.32 Å². The van der Waals surface area contributed by atoms with Gasteiger partial charge in [-0.15, -0.1) is 23.2 Å². The van der Waals surface area contributed by atoms with Crippen LogP contribution in [0.25, 0.3) is 0 Å². The molecule has 3 rings (SSSR count). The largest absolute Gasteiger partial charge is 0.337 e. The van der Waals surface area contributed by atoms with Gasteiger partial charge in [0.2, 0.25) is 5.91 Å². The highest BCUT2D eigenvalue weighted by Crippen LogP contribution is 2.33. The fourth-order valence-corrected chi connectivity index (χ4v) is 4.40. The third kappa shape index (κ3) is 3.65. The number of piperazine rings is 1. The quantitative estimate of drug-likeness (QED) is 0.591. The number of hydrogen-bond donors (Lipinski definition) is 1. The molecule has 2 aliphatic heterocycles. The third-order valence-corrected chi connectivity index (χ3v) is 6.38. The Morgan fingerprint density at radius 3 is 2.50 bits per heavy atom. The molecular formula is C16H24Cl2N4O2. The molecule has 3 aliphatic rings. The lowest BCUT2D eigenvalue weighted by Crippen LogP contribution is -2.51. The Bertz CT molecular complexity index is 510. The molecule has 6 nitrogen and oxygen atoms in total. The molecule has 0 radical (unpaired) electrons. The van der Waals surface area contributed by atoms with E-state index in [4.69, 9.17) is 23.2 Å². The first-order valence-corrected chi connectivity index (χ1v) is 9.36. The molecule has 3 fully saturated rings. The lowest BCUT2D eigenvalue weighted by atomic mass is 9.90. The summed E-state index contributed by atoms with van der Waals surface area (Å²) >= 11 is 12.5. The lowest BCUT2D eigenvalue weighted by molar-refractivity contribution is -0.127. The van der Waals surface area contributed by atoms with Crippen molar-refractivity contribution in [2.24, 2.45) is 0 Å². The van der Waals surface area contributed by atoms with Gasteiger partial charge in [0, 0.05) is 39.3 Å². The van der Waals surface area contributed by atoms with E-state index in [9.17, 15) is 9.59 Å². The van der Waals surface area contributed by atoms with E-state index in [0.717, 1.165) is 32.5 Å².